The molecule has 5 heteroatoms. The molecule has 0 aromatic rings. The zero-order chi connectivity index (χ0) is 12.1. The Bertz CT molecular complexity index is 262. The zero-order valence-electron chi connectivity index (χ0n) is 9.98. The highest BCUT2D eigenvalue weighted by atomic mass is 16.4. The number of carboxylic acid groups (broad SMARTS) is 1. The van der Waals surface area contributed by atoms with E-state index in [1.165, 1.54) is 0 Å². The molecule has 0 saturated carbocycles. The molecule has 1 rings (SSSR count). The average Bonchev–Trinajstić information content (AvgIpc) is 2.76. The Morgan fingerprint density at radius 3 is 2.38 bits per heavy atom. The van der Waals surface area contributed by atoms with E-state index in [1.807, 2.05) is 11.8 Å². The summed E-state index contributed by atoms with van der Waals surface area (Å²) in [5.41, 5.74) is 0. The first kappa shape index (κ1) is 13.0. The summed E-state index contributed by atoms with van der Waals surface area (Å²) >= 11 is 0. The monoisotopic (exact) mass is 228 g/mol. The summed E-state index contributed by atoms with van der Waals surface area (Å²) in [5.74, 6) is -0.830. The third-order valence-electron chi connectivity index (χ3n) is 3.07. The molecular weight excluding hydrogens is 208 g/mol. The fourth-order valence-electron chi connectivity index (χ4n) is 2.05. The Labute approximate surface area is 96.0 Å². The molecule has 1 N–H and O–H groups in total. The molecule has 1 saturated heterocycles. The van der Waals surface area contributed by atoms with Crippen molar-refractivity contribution >= 4 is 11.9 Å². The summed E-state index contributed by atoms with van der Waals surface area (Å²) in [7, 11) is 0. The van der Waals surface area contributed by atoms with Gasteiger partial charge in [0.1, 0.15) is 0 Å². The predicted molar refractivity (Wildman–Crippen MR) is 60.2 cm³/mol. The maximum absolute atomic E-state index is 12.0. The third kappa shape index (κ3) is 3.20. The van der Waals surface area contributed by atoms with Crippen LogP contribution in [0.4, 0.5) is 0 Å². The van der Waals surface area contributed by atoms with Crippen LogP contribution in [0.2, 0.25) is 0 Å². The Balaban J connectivity index is 2.55. The van der Waals surface area contributed by atoms with Crippen LogP contribution in [0, 0.1) is 0 Å². The maximum Gasteiger partial charge on any atom is 0.317 e. The van der Waals surface area contributed by atoms with Gasteiger partial charge >= 0.3 is 5.97 Å². The SMILES string of the molecule is CCN(CC(=O)O)C(C)C(=O)N1CCCC1. The molecule has 1 aliphatic rings. The predicted octanol–water partition coefficient (Wildman–Crippen LogP) is 0.404. The molecule has 1 heterocycles. The fourth-order valence-corrected chi connectivity index (χ4v) is 2.05. The second kappa shape index (κ2) is 5.84. The summed E-state index contributed by atoms with van der Waals surface area (Å²) in [6.45, 7) is 5.79. The number of likely N-dealkylation sites (tertiary alicyclic amines) is 1. The van der Waals surface area contributed by atoms with Crippen LogP contribution in [0.15, 0.2) is 0 Å². The number of carbonyl (C=O) groups excluding carboxylic acids is 1. The van der Waals surface area contributed by atoms with E-state index in [9.17, 15) is 9.59 Å². The van der Waals surface area contributed by atoms with Gasteiger partial charge < -0.3 is 10.0 Å². The third-order valence-corrected chi connectivity index (χ3v) is 3.07. The number of hydrogen-bond acceptors (Lipinski definition) is 3. The summed E-state index contributed by atoms with van der Waals surface area (Å²) < 4.78 is 0. The molecule has 1 unspecified atom stereocenters. The number of carboxylic acids is 1. The van der Waals surface area contributed by atoms with Crippen LogP contribution >= 0.6 is 0 Å². The molecule has 0 aromatic carbocycles. The molecule has 0 radical (unpaired) electrons. The van der Waals surface area contributed by atoms with Crippen LogP contribution in [0.3, 0.4) is 0 Å². The van der Waals surface area contributed by atoms with Gasteiger partial charge in [0.05, 0.1) is 12.6 Å². The number of hydrogen-bond donors (Lipinski definition) is 1. The highest BCUT2D eigenvalue weighted by molar-refractivity contribution is 5.82. The van der Waals surface area contributed by atoms with Crippen molar-refractivity contribution in [3.8, 4) is 0 Å². The molecule has 92 valence electrons. The molecule has 1 aliphatic heterocycles. The lowest BCUT2D eigenvalue weighted by Crippen LogP contribution is -2.47. The second-order valence-corrected chi connectivity index (χ2v) is 4.17. The summed E-state index contributed by atoms with van der Waals surface area (Å²) in [6.07, 6.45) is 2.12. The highest BCUT2D eigenvalue weighted by Gasteiger charge is 2.27. The Morgan fingerprint density at radius 1 is 1.38 bits per heavy atom. The number of aliphatic carboxylic acids is 1. The van der Waals surface area contributed by atoms with Crippen LogP contribution < -0.4 is 0 Å². The van der Waals surface area contributed by atoms with Crippen LogP contribution in [0.5, 0.6) is 0 Å². The van der Waals surface area contributed by atoms with Crippen LogP contribution in [0.25, 0.3) is 0 Å². The molecule has 0 aliphatic carbocycles. The minimum atomic E-state index is -0.886. The summed E-state index contributed by atoms with van der Waals surface area (Å²) in [5, 5.41) is 8.74. The van der Waals surface area contributed by atoms with Gasteiger partial charge in [-0.05, 0) is 26.3 Å². The van der Waals surface area contributed by atoms with Crippen molar-refractivity contribution in [2.75, 3.05) is 26.2 Å². The van der Waals surface area contributed by atoms with Gasteiger partial charge in [-0.2, -0.15) is 0 Å². The zero-order valence-corrected chi connectivity index (χ0v) is 9.98. The van der Waals surface area contributed by atoms with E-state index in [2.05, 4.69) is 0 Å². The number of carbonyl (C=O) groups is 2. The van der Waals surface area contributed by atoms with Crippen LogP contribution in [-0.4, -0.2) is 59.0 Å². The molecule has 16 heavy (non-hydrogen) atoms. The molecule has 0 spiro atoms. The number of nitrogens with zero attached hydrogens (tertiary/aromatic N) is 2. The van der Waals surface area contributed by atoms with E-state index in [-0.39, 0.29) is 18.5 Å². The fraction of sp³-hybridized carbons (Fsp3) is 0.818. The Hall–Kier alpha value is -1.10. The van der Waals surface area contributed by atoms with Crippen molar-refractivity contribution < 1.29 is 14.7 Å². The first-order valence-corrected chi connectivity index (χ1v) is 5.81. The van der Waals surface area contributed by atoms with Crippen molar-refractivity contribution in [1.82, 2.24) is 9.80 Å². The molecule has 5 nitrogen and oxygen atoms in total. The molecule has 1 atom stereocenters. The molecule has 0 bridgehead atoms. The lowest BCUT2D eigenvalue weighted by Gasteiger charge is -2.28. The lowest BCUT2D eigenvalue weighted by atomic mass is 10.2. The minimum Gasteiger partial charge on any atom is -0.480 e. The van der Waals surface area contributed by atoms with Gasteiger partial charge in [-0.1, -0.05) is 6.92 Å². The smallest absolute Gasteiger partial charge is 0.317 e. The summed E-state index contributed by atoms with van der Waals surface area (Å²) in [6, 6.07) is -0.334. The average molecular weight is 228 g/mol. The van der Waals surface area contributed by atoms with Crippen LogP contribution in [-0.2, 0) is 9.59 Å². The van der Waals surface area contributed by atoms with Gasteiger partial charge in [-0.25, -0.2) is 0 Å². The van der Waals surface area contributed by atoms with Gasteiger partial charge in [0.2, 0.25) is 5.91 Å². The van der Waals surface area contributed by atoms with E-state index >= 15 is 0 Å². The Kier molecular flexibility index (Phi) is 4.73. The first-order chi connectivity index (χ1) is 7.56. The molecule has 1 amide bonds. The second-order valence-electron chi connectivity index (χ2n) is 4.17. The first-order valence-electron chi connectivity index (χ1n) is 5.81. The van der Waals surface area contributed by atoms with Crippen molar-refractivity contribution in [3.05, 3.63) is 0 Å². The van der Waals surface area contributed by atoms with Crippen molar-refractivity contribution in [1.29, 1.82) is 0 Å². The van der Waals surface area contributed by atoms with Crippen molar-refractivity contribution in [2.24, 2.45) is 0 Å². The number of rotatable bonds is 5. The number of likely N-dealkylation sites (N-methyl/N-ethyl adjacent to an activating group) is 1. The largest absolute Gasteiger partial charge is 0.480 e. The van der Waals surface area contributed by atoms with E-state index in [1.54, 1.807) is 11.8 Å². The maximum atomic E-state index is 12.0. The van der Waals surface area contributed by atoms with Gasteiger partial charge in [0.25, 0.3) is 0 Å². The highest BCUT2D eigenvalue weighted by Crippen LogP contribution is 2.11. The topological polar surface area (TPSA) is 60.9 Å². The minimum absolute atomic E-state index is 0.0561. The quantitative estimate of drug-likeness (QED) is 0.740. The van der Waals surface area contributed by atoms with Crippen molar-refractivity contribution in [3.63, 3.8) is 0 Å². The van der Waals surface area contributed by atoms with Gasteiger partial charge in [0, 0.05) is 13.1 Å². The van der Waals surface area contributed by atoms with E-state index < -0.39 is 5.97 Å². The van der Waals surface area contributed by atoms with Gasteiger partial charge in [0.15, 0.2) is 0 Å². The van der Waals surface area contributed by atoms with Gasteiger partial charge in [-0.15, -0.1) is 0 Å². The van der Waals surface area contributed by atoms with E-state index in [0.29, 0.717) is 6.54 Å². The lowest BCUT2D eigenvalue weighted by molar-refractivity contribution is -0.141. The standard InChI is InChI=1S/C11H20N2O3/c1-3-12(8-10(14)15)9(2)11(16)13-6-4-5-7-13/h9H,3-8H2,1-2H3,(H,14,15). The normalized spacial score (nSPS) is 17.8. The molecular formula is C11H20N2O3. The van der Waals surface area contributed by atoms with Crippen molar-refractivity contribution in [2.45, 2.75) is 32.7 Å². The molecule has 0 aromatic heterocycles. The number of amides is 1. The van der Waals surface area contributed by atoms with E-state index in [0.717, 1.165) is 25.9 Å². The van der Waals surface area contributed by atoms with Gasteiger partial charge in [-0.3, -0.25) is 14.5 Å². The summed E-state index contributed by atoms with van der Waals surface area (Å²) in [4.78, 5) is 26.2. The van der Waals surface area contributed by atoms with E-state index in [4.69, 9.17) is 5.11 Å². The Morgan fingerprint density at radius 2 is 1.94 bits per heavy atom. The molecule has 1 fully saturated rings. The van der Waals surface area contributed by atoms with Crippen LogP contribution in [0.1, 0.15) is 26.7 Å².